The second kappa shape index (κ2) is 6.21. The number of fused-ring (bicyclic) bond motifs is 1. The molecule has 2 amide bonds. The molecular formula is C20H16N4O3. The van der Waals surface area contributed by atoms with E-state index in [-0.39, 0.29) is 29.6 Å². The monoisotopic (exact) mass is 360 g/mol. The number of aromatic nitrogens is 2. The minimum atomic E-state index is -0.728. The summed E-state index contributed by atoms with van der Waals surface area (Å²) in [7, 11) is 0. The predicted octanol–water partition coefficient (Wildman–Crippen LogP) is 2.48. The van der Waals surface area contributed by atoms with Crippen LogP contribution in [0.3, 0.4) is 0 Å². The normalized spacial score (nSPS) is 12.9. The third-order valence-electron chi connectivity index (χ3n) is 4.40. The van der Waals surface area contributed by atoms with Crippen LogP contribution in [-0.4, -0.2) is 26.9 Å². The lowest BCUT2D eigenvalue weighted by atomic mass is 10.1. The van der Waals surface area contributed by atoms with E-state index in [4.69, 9.17) is 5.73 Å². The van der Waals surface area contributed by atoms with Crippen LogP contribution in [0.4, 0.5) is 11.5 Å². The Morgan fingerprint density at radius 3 is 2.56 bits per heavy atom. The molecule has 7 heteroatoms. The summed E-state index contributed by atoms with van der Waals surface area (Å²) in [4.78, 5) is 34.9. The van der Waals surface area contributed by atoms with E-state index in [0.717, 1.165) is 5.56 Å². The number of phenolic OH excluding ortho intramolecular Hbond substituents is 1. The van der Waals surface area contributed by atoms with Crippen LogP contribution in [0, 0.1) is 6.92 Å². The molecule has 0 radical (unpaired) electrons. The Bertz CT molecular complexity index is 1080. The number of carbonyl (C=O) groups excluding carboxylic acids is 2. The van der Waals surface area contributed by atoms with Gasteiger partial charge in [-0.3, -0.25) is 14.5 Å². The average Bonchev–Trinajstić information content (AvgIpc) is 2.97. The number of amides is 2. The number of benzene rings is 2. The first-order valence-corrected chi connectivity index (χ1v) is 8.34. The quantitative estimate of drug-likeness (QED) is 0.746. The van der Waals surface area contributed by atoms with Crippen molar-refractivity contribution in [2.45, 2.75) is 13.3 Å². The molecule has 27 heavy (non-hydrogen) atoms. The van der Waals surface area contributed by atoms with Gasteiger partial charge >= 0.3 is 0 Å². The molecule has 1 aromatic heterocycles. The van der Waals surface area contributed by atoms with Crippen molar-refractivity contribution >= 4 is 23.3 Å². The second-order valence-electron chi connectivity index (χ2n) is 6.35. The van der Waals surface area contributed by atoms with Gasteiger partial charge in [0.1, 0.15) is 17.3 Å². The molecule has 0 unspecified atom stereocenters. The zero-order chi connectivity index (χ0) is 19.1. The van der Waals surface area contributed by atoms with Crippen molar-refractivity contribution in [1.82, 2.24) is 9.97 Å². The van der Waals surface area contributed by atoms with Crippen LogP contribution in [0.1, 0.15) is 21.6 Å². The smallest absolute Gasteiger partial charge is 0.267 e. The van der Waals surface area contributed by atoms with Gasteiger partial charge in [-0.2, -0.15) is 0 Å². The lowest BCUT2D eigenvalue weighted by Gasteiger charge is -2.17. The zero-order valence-corrected chi connectivity index (χ0v) is 14.5. The van der Waals surface area contributed by atoms with Crippen molar-refractivity contribution in [2.75, 3.05) is 4.90 Å². The van der Waals surface area contributed by atoms with E-state index in [9.17, 15) is 14.7 Å². The van der Waals surface area contributed by atoms with Crippen LogP contribution in [0.25, 0.3) is 11.4 Å². The molecule has 0 spiro atoms. The number of primary amides is 1. The van der Waals surface area contributed by atoms with E-state index < -0.39 is 5.91 Å². The van der Waals surface area contributed by atoms with Crippen LogP contribution in [-0.2, 0) is 11.2 Å². The van der Waals surface area contributed by atoms with Gasteiger partial charge in [-0.15, -0.1) is 0 Å². The van der Waals surface area contributed by atoms with Gasteiger partial charge in [0.25, 0.3) is 5.91 Å². The molecule has 7 nitrogen and oxygen atoms in total. The maximum atomic E-state index is 12.7. The molecule has 0 atom stereocenters. The summed E-state index contributed by atoms with van der Waals surface area (Å²) in [6.07, 6.45) is 0.00179. The van der Waals surface area contributed by atoms with E-state index in [1.54, 1.807) is 12.1 Å². The SMILES string of the molecule is Cc1ccc(N2C(=O)Cc3c(C(N)=O)nc(-c4cccc(O)c4)nc32)cc1. The Labute approximate surface area is 155 Å². The van der Waals surface area contributed by atoms with E-state index in [1.165, 1.54) is 17.0 Å². The fourth-order valence-electron chi connectivity index (χ4n) is 3.11. The molecule has 1 aliphatic rings. The van der Waals surface area contributed by atoms with Crippen molar-refractivity contribution in [3.05, 3.63) is 65.4 Å². The Morgan fingerprint density at radius 1 is 1.15 bits per heavy atom. The lowest BCUT2D eigenvalue weighted by Crippen LogP contribution is -2.21. The number of nitrogens with zero attached hydrogens (tertiary/aromatic N) is 3. The molecule has 0 saturated carbocycles. The van der Waals surface area contributed by atoms with Crippen molar-refractivity contribution in [3.63, 3.8) is 0 Å². The standard InChI is InChI=1S/C20H16N4O3/c1-11-5-7-13(8-6-11)24-16(26)10-15-17(18(21)27)22-19(23-20(15)24)12-3-2-4-14(25)9-12/h2-9,25H,10H2,1H3,(H2,21,27). The highest BCUT2D eigenvalue weighted by Gasteiger charge is 2.35. The van der Waals surface area contributed by atoms with Gasteiger partial charge < -0.3 is 10.8 Å². The molecule has 3 aromatic rings. The number of hydrogen-bond acceptors (Lipinski definition) is 5. The molecule has 0 aliphatic carbocycles. The van der Waals surface area contributed by atoms with E-state index in [2.05, 4.69) is 9.97 Å². The Kier molecular flexibility index (Phi) is 3.84. The first-order chi connectivity index (χ1) is 12.9. The zero-order valence-electron chi connectivity index (χ0n) is 14.5. The third-order valence-corrected chi connectivity index (χ3v) is 4.40. The summed E-state index contributed by atoms with van der Waals surface area (Å²) in [5.41, 5.74) is 8.17. The molecule has 1 aliphatic heterocycles. The fraction of sp³-hybridized carbons (Fsp3) is 0.100. The molecule has 3 N–H and O–H groups in total. The minimum absolute atomic E-state index is 0.00179. The summed E-state index contributed by atoms with van der Waals surface area (Å²) in [6, 6.07) is 13.8. The number of anilines is 2. The number of phenols is 1. The molecule has 0 saturated heterocycles. The molecule has 2 aromatic carbocycles. The van der Waals surface area contributed by atoms with Crippen molar-refractivity contribution in [3.8, 4) is 17.1 Å². The number of rotatable bonds is 3. The summed E-state index contributed by atoms with van der Waals surface area (Å²) < 4.78 is 0. The van der Waals surface area contributed by atoms with Crippen LogP contribution in [0.5, 0.6) is 5.75 Å². The minimum Gasteiger partial charge on any atom is -0.508 e. The Morgan fingerprint density at radius 2 is 1.89 bits per heavy atom. The number of carbonyl (C=O) groups is 2. The van der Waals surface area contributed by atoms with Gasteiger partial charge in [0.15, 0.2) is 5.82 Å². The number of hydrogen-bond donors (Lipinski definition) is 2. The Balaban J connectivity index is 1.93. The Hall–Kier alpha value is -3.74. The van der Waals surface area contributed by atoms with Crippen LogP contribution in [0.2, 0.25) is 0 Å². The maximum Gasteiger partial charge on any atom is 0.267 e. The van der Waals surface area contributed by atoms with E-state index >= 15 is 0 Å². The highest BCUT2D eigenvalue weighted by Crippen LogP contribution is 2.37. The molecule has 4 rings (SSSR count). The number of aryl methyl sites for hydroxylation is 1. The highest BCUT2D eigenvalue weighted by molar-refractivity contribution is 6.09. The second-order valence-corrected chi connectivity index (χ2v) is 6.35. The molecular weight excluding hydrogens is 344 g/mol. The number of aromatic hydroxyl groups is 1. The summed E-state index contributed by atoms with van der Waals surface area (Å²) >= 11 is 0. The first-order valence-electron chi connectivity index (χ1n) is 8.34. The molecule has 0 fully saturated rings. The van der Waals surface area contributed by atoms with Crippen LogP contribution in [0.15, 0.2) is 48.5 Å². The summed E-state index contributed by atoms with van der Waals surface area (Å²) in [5, 5.41) is 9.73. The summed E-state index contributed by atoms with van der Waals surface area (Å²) in [5.74, 6) is -0.340. The molecule has 134 valence electrons. The number of nitrogens with two attached hydrogens (primary N) is 1. The van der Waals surface area contributed by atoms with Gasteiger partial charge in [0.2, 0.25) is 5.91 Å². The van der Waals surface area contributed by atoms with Crippen LogP contribution < -0.4 is 10.6 Å². The van der Waals surface area contributed by atoms with E-state index in [0.29, 0.717) is 22.6 Å². The van der Waals surface area contributed by atoms with Gasteiger partial charge in [0, 0.05) is 11.1 Å². The lowest BCUT2D eigenvalue weighted by molar-refractivity contribution is -0.116. The highest BCUT2D eigenvalue weighted by atomic mass is 16.3. The van der Waals surface area contributed by atoms with Gasteiger partial charge in [0.05, 0.1) is 12.1 Å². The summed E-state index contributed by atoms with van der Waals surface area (Å²) in [6.45, 7) is 1.96. The van der Waals surface area contributed by atoms with Crippen LogP contribution >= 0.6 is 0 Å². The molecule has 0 bridgehead atoms. The van der Waals surface area contributed by atoms with Gasteiger partial charge in [-0.25, -0.2) is 9.97 Å². The van der Waals surface area contributed by atoms with Crippen molar-refractivity contribution in [2.24, 2.45) is 5.73 Å². The topological polar surface area (TPSA) is 109 Å². The van der Waals surface area contributed by atoms with E-state index in [1.807, 2.05) is 31.2 Å². The third kappa shape index (κ3) is 2.89. The van der Waals surface area contributed by atoms with Crippen molar-refractivity contribution < 1.29 is 14.7 Å². The van der Waals surface area contributed by atoms with Gasteiger partial charge in [-0.1, -0.05) is 29.8 Å². The first kappa shape index (κ1) is 16.7. The van der Waals surface area contributed by atoms with Crippen molar-refractivity contribution in [1.29, 1.82) is 0 Å². The largest absolute Gasteiger partial charge is 0.508 e. The fourth-order valence-corrected chi connectivity index (χ4v) is 3.11. The molecule has 2 heterocycles. The maximum absolute atomic E-state index is 12.7. The average molecular weight is 360 g/mol. The predicted molar refractivity (Wildman–Crippen MR) is 99.7 cm³/mol. The van der Waals surface area contributed by atoms with Gasteiger partial charge in [-0.05, 0) is 31.2 Å².